The number of rotatable bonds is 2. The second-order valence-corrected chi connectivity index (χ2v) is 7.14. The van der Waals surface area contributed by atoms with Gasteiger partial charge in [-0.05, 0) is 37.7 Å². The first-order valence-corrected chi connectivity index (χ1v) is 9.22. The number of amides is 1. The number of ether oxygens (including phenoxy) is 1. The summed E-state index contributed by atoms with van der Waals surface area (Å²) in [7, 11) is 1.44. The molecule has 2 aliphatic rings. The molecule has 1 saturated carbocycles. The number of benzene rings is 1. The van der Waals surface area contributed by atoms with Gasteiger partial charge < -0.3 is 9.64 Å². The fourth-order valence-electron chi connectivity index (χ4n) is 4.30. The number of nitriles is 1. The van der Waals surface area contributed by atoms with Gasteiger partial charge in [-0.2, -0.15) is 5.26 Å². The van der Waals surface area contributed by atoms with E-state index in [4.69, 9.17) is 4.74 Å². The molecule has 2 fully saturated rings. The van der Waals surface area contributed by atoms with E-state index in [0.29, 0.717) is 6.04 Å². The third kappa shape index (κ3) is 3.80. The molecule has 5 heteroatoms. The van der Waals surface area contributed by atoms with Gasteiger partial charge in [0.25, 0.3) is 0 Å². The molecule has 5 nitrogen and oxygen atoms in total. The maximum atomic E-state index is 11.7. The predicted octanol–water partition coefficient (Wildman–Crippen LogP) is 3.16. The van der Waals surface area contributed by atoms with Crippen LogP contribution in [0.2, 0.25) is 0 Å². The van der Waals surface area contributed by atoms with Crippen LogP contribution in [-0.2, 0) is 10.2 Å². The van der Waals surface area contributed by atoms with Gasteiger partial charge in [-0.1, -0.05) is 30.3 Å². The average molecular weight is 341 g/mol. The van der Waals surface area contributed by atoms with Crippen LogP contribution >= 0.6 is 0 Å². The second kappa shape index (κ2) is 7.88. The van der Waals surface area contributed by atoms with Gasteiger partial charge in [0.05, 0.1) is 18.6 Å². The van der Waals surface area contributed by atoms with E-state index < -0.39 is 0 Å². The number of carbonyl (C=O) groups excluding carboxylic acids is 1. The fourth-order valence-corrected chi connectivity index (χ4v) is 4.30. The summed E-state index contributed by atoms with van der Waals surface area (Å²) >= 11 is 0. The van der Waals surface area contributed by atoms with Crippen LogP contribution in [0, 0.1) is 11.3 Å². The lowest BCUT2D eigenvalue weighted by molar-refractivity contribution is 0.118. The smallest absolute Gasteiger partial charge is 0.409 e. The molecular formula is C20H27N3O2. The third-order valence-electron chi connectivity index (χ3n) is 5.83. The molecule has 0 bridgehead atoms. The first kappa shape index (κ1) is 17.8. The van der Waals surface area contributed by atoms with Crippen molar-refractivity contribution >= 4 is 6.09 Å². The second-order valence-electron chi connectivity index (χ2n) is 7.14. The lowest BCUT2D eigenvalue weighted by Crippen LogP contribution is -2.44. The third-order valence-corrected chi connectivity index (χ3v) is 5.83. The molecule has 0 spiro atoms. The van der Waals surface area contributed by atoms with E-state index in [-0.39, 0.29) is 11.5 Å². The van der Waals surface area contributed by atoms with Crippen molar-refractivity contribution in [1.82, 2.24) is 9.80 Å². The minimum Gasteiger partial charge on any atom is -0.453 e. The van der Waals surface area contributed by atoms with Crippen molar-refractivity contribution in [2.24, 2.45) is 0 Å². The van der Waals surface area contributed by atoms with E-state index >= 15 is 0 Å². The molecular weight excluding hydrogens is 314 g/mol. The number of carbonyl (C=O) groups is 1. The van der Waals surface area contributed by atoms with E-state index in [2.05, 4.69) is 23.1 Å². The molecule has 0 radical (unpaired) electrons. The van der Waals surface area contributed by atoms with E-state index in [1.165, 1.54) is 7.11 Å². The van der Waals surface area contributed by atoms with Gasteiger partial charge >= 0.3 is 6.09 Å². The van der Waals surface area contributed by atoms with Crippen LogP contribution in [0.4, 0.5) is 4.79 Å². The van der Waals surface area contributed by atoms with Gasteiger partial charge in [-0.15, -0.1) is 0 Å². The van der Waals surface area contributed by atoms with Crippen LogP contribution in [0.5, 0.6) is 0 Å². The molecule has 1 aromatic carbocycles. The normalized spacial score (nSPS) is 28.0. The van der Waals surface area contributed by atoms with Crippen molar-refractivity contribution < 1.29 is 9.53 Å². The highest BCUT2D eigenvalue weighted by Crippen LogP contribution is 2.40. The highest BCUT2D eigenvalue weighted by molar-refractivity contribution is 5.67. The highest BCUT2D eigenvalue weighted by atomic mass is 16.5. The van der Waals surface area contributed by atoms with Crippen molar-refractivity contribution in [3.05, 3.63) is 35.9 Å². The van der Waals surface area contributed by atoms with Gasteiger partial charge in [-0.25, -0.2) is 4.79 Å². The lowest BCUT2D eigenvalue weighted by Gasteiger charge is -2.40. The van der Waals surface area contributed by atoms with Gasteiger partial charge in [0, 0.05) is 32.2 Å². The summed E-state index contributed by atoms with van der Waals surface area (Å²) in [6, 6.07) is 13.4. The molecule has 0 atom stereocenters. The summed E-state index contributed by atoms with van der Waals surface area (Å²) in [5.41, 5.74) is 0.825. The largest absolute Gasteiger partial charge is 0.453 e. The van der Waals surface area contributed by atoms with E-state index in [1.54, 1.807) is 4.90 Å². The minimum atomic E-state index is -0.332. The summed E-state index contributed by atoms with van der Waals surface area (Å²) in [5.74, 6) is 0. The van der Waals surface area contributed by atoms with Crippen LogP contribution in [-0.4, -0.2) is 55.2 Å². The first-order chi connectivity index (χ1) is 12.2. The monoisotopic (exact) mass is 341 g/mol. The van der Waals surface area contributed by atoms with Crippen molar-refractivity contribution in [2.45, 2.75) is 43.6 Å². The van der Waals surface area contributed by atoms with Crippen molar-refractivity contribution in [2.75, 3.05) is 33.3 Å². The molecule has 134 valence electrons. The molecule has 1 aliphatic carbocycles. The Kier molecular flexibility index (Phi) is 5.60. The van der Waals surface area contributed by atoms with Crippen LogP contribution < -0.4 is 0 Å². The summed E-state index contributed by atoms with van der Waals surface area (Å²) in [5, 5.41) is 9.84. The maximum Gasteiger partial charge on any atom is 0.409 e. The Bertz CT molecular complexity index is 618. The Morgan fingerprint density at radius 2 is 1.88 bits per heavy atom. The standard InChI is InChI=1S/C20H27N3O2/c1-25-19(24)23-13-5-12-22(14-15-23)18-8-10-20(16-21,11-9-18)17-6-3-2-4-7-17/h2-4,6-7,18H,5,8-15H2,1H3. The number of hydrogen-bond donors (Lipinski definition) is 0. The fraction of sp³-hybridized carbons (Fsp3) is 0.600. The summed E-state index contributed by atoms with van der Waals surface area (Å²) in [6.07, 6.45) is 4.66. The first-order valence-electron chi connectivity index (χ1n) is 9.22. The van der Waals surface area contributed by atoms with E-state index in [1.807, 2.05) is 18.2 Å². The number of hydrogen-bond acceptors (Lipinski definition) is 4. The van der Waals surface area contributed by atoms with Crippen LogP contribution in [0.25, 0.3) is 0 Å². The summed E-state index contributed by atoms with van der Waals surface area (Å²) < 4.78 is 4.85. The Hall–Kier alpha value is -2.06. The Labute approximate surface area is 150 Å². The highest BCUT2D eigenvalue weighted by Gasteiger charge is 2.38. The average Bonchev–Trinajstić information content (AvgIpc) is 2.94. The predicted molar refractivity (Wildman–Crippen MR) is 96.2 cm³/mol. The molecule has 0 unspecified atom stereocenters. The molecule has 1 aliphatic heterocycles. The lowest BCUT2D eigenvalue weighted by atomic mass is 9.69. The van der Waals surface area contributed by atoms with Crippen LogP contribution in [0.1, 0.15) is 37.7 Å². The Morgan fingerprint density at radius 1 is 1.16 bits per heavy atom. The molecule has 0 aromatic heterocycles. The molecule has 0 N–H and O–H groups in total. The topological polar surface area (TPSA) is 56.6 Å². The number of nitrogens with zero attached hydrogens (tertiary/aromatic N) is 3. The van der Waals surface area contributed by atoms with E-state index in [9.17, 15) is 10.1 Å². The zero-order valence-corrected chi connectivity index (χ0v) is 15.0. The molecule has 1 aromatic rings. The Balaban J connectivity index is 1.61. The van der Waals surface area contributed by atoms with E-state index in [0.717, 1.165) is 63.8 Å². The molecule has 1 heterocycles. The SMILES string of the molecule is COC(=O)N1CCCN(C2CCC(C#N)(c3ccccc3)CC2)CC1. The van der Waals surface area contributed by atoms with Gasteiger partial charge in [-0.3, -0.25) is 4.90 Å². The summed E-state index contributed by atoms with van der Waals surface area (Å²) in [6.45, 7) is 3.40. The van der Waals surface area contributed by atoms with Crippen molar-refractivity contribution in [3.8, 4) is 6.07 Å². The maximum absolute atomic E-state index is 11.7. The zero-order chi connectivity index (χ0) is 17.7. The van der Waals surface area contributed by atoms with Crippen LogP contribution in [0.15, 0.2) is 30.3 Å². The molecule has 1 amide bonds. The van der Waals surface area contributed by atoms with Gasteiger partial charge in [0.15, 0.2) is 0 Å². The zero-order valence-electron chi connectivity index (χ0n) is 15.0. The minimum absolute atomic E-state index is 0.224. The summed E-state index contributed by atoms with van der Waals surface area (Å²) in [4.78, 5) is 16.0. The van der Waals surface area contributed by atoms with Crippen LogP contribution in [0.3, 0.4) is 0 Å². The molecule has 1 saturated heterocycles. The van der Waals surface area contributed by atoms with Gasteiger partial charge in [0.1, 0.15) is 0 Å². The van der Waals surface area contributed by atoms with Crippen molar-refractivity contribution in [3.63, 3.8) is 0 Å². The molecule has 25 heavy (non-hydrogen) atoms. The number of methoxy groups -OCH3 is 1. The van der Waals surface area contributed by atoms with Gasteiger partial charge in [0.2, 0.25) is 0 Å². The quantitative estimate of drug-likeness (QED) is 0.829. The Morgan fingerprint density at radius 3 is 2.52 bits per heavy atom. The molecule has 3 rings (SSSR count). The van der Waals surface area contributed by atoms with Crippen molar-refractivity contribution in [1.29, 1.82) is 5.26 Å².